The average Bonchev–Trinajstić information content (AvgIpc) is 2.30. The Labute approximate surface area is 94.9 Å². The van der Waals surface area contributed by atoms with Crippen molar-refractivity contribution in [3.8, 4) is 0 Å². The Morgan fingerprint density at radius 2 is 1.56 bits per heavy atom. The molecule has 0 spiro atoms. The number of aryl methyl sites for hydroxylation is 1. The molecule has 0 radical (unpaired) electrons. The molecule has 0 atom stereocenters. The quantitative estimate of drug-likeness (QED) is 0.822. The van der Waals surface area contributed by atoms with Crippen LogP contribution in [0.25, 0.3) is 0 Å². The monoisotopic (exact) mass is 215 g/mol. The molecule has 16 heavy (non-hydrogen) atoms. The van der Waals surface area contributed by atoms with Crippen LogP contribution in [0.2, 0.25) is 0 Å². The minimum Gasteiger partial charge on any atom is -0.381 e. The van der Waals surface area contributed by atoms with E-state index in [0.29, 0.717) is 6.54 Å². The topological polar surface area (TPSA) is 12.0 Å². The Bertz CT molecular complexity index is 400. The fourth-order valence-electron chi connectivity index (χ4n) is 1.48. The van der Waals surface area contributed by atoms with Gasteiger partial charge in [0.2, 0.25) is 0 Å². The van der Waals surface area contributed by atoms with Crippen molar-refractivity contribution in [2.75, 3.05) is 5.32 Å². The van der Waals surface area contributed by atoms with Crippen molar-refractivity contribution in [2.45, 2.75) is 13.5 Å². The maximum atomic E-state index is 12.7. The first-order chi connectivity index (χ1) is 7.74. The van der Waals surface area contributed by atoms with E-state index in [2.05, 4.69) is 24.4 Å². The largest absolute Gasteiger partial charge is 0.381 e. The van der Waals surface area contributed by atoms with Gasteiger partial charge < -0.3 is 5.32 Å². The Morgan fingerprint density at radius 1 is 0.938 bits per heavy atom. The number of hydrogen-bond donors (Lipinski definition) is 1. The highest BCUT2D eigenvalue weighted by atomic mass is 19.1. The Balaban J connectivity index is 1.97. The molecule has 0 aromatic heterocycles. The summed E-state index contributed by atoms with van der Waals surface area (Å²) in [5, 5.41) is 3.29. The summed E-state index contributed by atoms with van der Waals surface area (Å²) in [6.45, 7) is 2.77. The van der Waals surface area contributed by atoms with Gasteiger partial charge in [0.15, 0.2) is 0 Å². The van der Waals surface area contributed by atoms with Gasteiger partial charge in [0.1, 0.15) is 5.82 Å². The summed E-state index contributed by atoms with van der Waals surface area (Å²) in [6, 6.07) is 14.7. The van der Waals surface area contributed by atoms with Crippen molar-refractivity contribution in [1.82, 2.24) is 0 Å². The molecular weight excluding hydrogens is 201 g/mol. The number of benzene rings is 2. The van der Waals surface area contributed by atoms with E-state index in [1.807, 2.05) is 12.1 Å². The molecule has 0 aliphatic heterocycles. The van der Waals surface area contributed by atoms with Gasteiger partial charge in [-0.15, -0.1) is 0 Å². The molecule has 0 bridgehead atoms. The van der Waals surface area contributed by atoms with E-state index in [4.69, 9.17) is 0 Å². The second kappa shape index (κ2) is 4.79. The molecule has 82 valence electrons. The fourth-order valence-corrected chi connectivity index (χ4v) is 1.48. The van der Waals surface area contributed by atoms with E-state index in [-0.39, 0.29) is 5.82 Å². The maximum Gasteiger partial charge on any atom is 0.123 e. The van der Waals surface area contributed by atoms with E-state index in [0.717, 1.165) is 11.3 Å². The second-order valence-electron chi connectivity index (χ2n) is 3.85. The average molecular weight is 215 g/mol. The Kier molecular flexibility index (Phi) is 3.20. The first-order valence-corrected chi connectivity index (χ1v) is 5.29. The van der Waals surface area contributed by atoms with Gasteiger partial charge in [0, 0.05) is 12.2 Å². The standard InChI is InChI=1S/C14H14FN/c1-11-2-8-14(9-3-11)16-10-12-4-6-13(15)7-5-12/h2-9,16H,10H2,1H3. The highest BCUT2D eigenvalue weighted by Crippen LogP contribution is 2.11. The minimum atomic E-state index is -0.195. The van der Waals surface area contributed by atoms with Gasteiger partial charge in [-0.3, -0.25) is 0 Å². The number of rotatable bonds is 3. The van der Waals surface area contributed by atoms with Gasteiger partial charge in [-0.05, 0) is 36.8 Å². The van der Waals surface area contributed by atoms with Crippen LogP contribution < -0.4 is 5.32 Å². The number of nitrogens with one attached hydrogen (secondary N) is 1. The lowest BCUT2D eigenvalue weighted by molar-refractivity contribution is 0.627. The smallest absolute Gasteiger partial charge is 0.123 e. The lowest BCUT2D eigenvalue weighted by Crippen LogP contribution is -1.99. The van der Waals surface area contributed by atoms with Crippen LogP contribution in [0.3, 0.4) is 0 Å². The van der Waals surface area contributed by atoms with Crippen molar-refractivity contribution in [1.29, 1.82) is 0 Å². The number of hydrogen-bond acceptors (Lipinski definition) is 1. The van der Waals surface area contributed by atoms with Crippen LogP contribution in [0, 0.1) is 12.7 Å². The van der Waals surface area contributed by atoms with E-state index in [9.17, 15) is 4.39 Å². The van der Waals surface area contributed by atoms with Gasteiger partial charge in [0.05, 0.1) is 0 Å². The minimum absolute atomic E-state index is 0.195. The molecule has 2 rings (SSSR count). The zero-order valence-corrected chi connectivity index (χ0v) is 9.20. The van der Waals surface area contributed by atoms with Crippen LogP contribution in [0.15, 0.2) is 48.5 Å². The Hall–Kier alpha value is -1.83. The van der Waals surface area contributed by atoms with Gasteiger partial charge in [-0.1, -0.05) is 29.8 Å². The van der Waals surface area contributed by atoms with Gasteiger partial charge in [-0.2, -0.15) is 0 Å². The first-order valence-electron chi connectivity index (χ1n) is 5.29. The molecule has 0 aliphatic carbocycles. The molecule has 0 aliphatic rings. The predicted molar refractivity (Wildman–Crippen MR) is 64.9 cm³/mol. The second-order valence-corrected chi connectivity index (χ2v) is 3.85. The maximum absolute atomic E-state index is 12.7. The number of halogens is 1. The molecule has 0 amide bonds. The SMILES string of the molecule is Cc1ccc(NCc2ccc(F)cc2)cc1. The first kappa shape index (κ1) is 10.7. The summed E-state index contributed by atoms with van der Waals surface area (Å²) < 4.78 is 12.7. The molecular formula is C14H14FN. The molecule has 0 fully saturated rings. The van der Waals surface area contributed by atoms with Crippen molar-refractivity contribution in [3.05, 3.63) is 65.5 Å². The van der Waals surface area contributed by atoms with Crippen molar-refractivity contribution in [3.63, 3.8) is 0 Å². The van der Waals surface area contributed by atoms with E-state index < -0.39 is 0 Å². The molecule has 0 saturated carbocycles. The molecule has 0 saturated heterocycles. The predicted octanol–water partition coefficient (Wildman–Crippen LogP) is 3.75. The molecule has 2 aromatic rings. The van der Waals surface area contributed by atoms with Crippen LogP contribution in [-0.4, -0.2) is 0 Å². The third-order valence-electron chi connectivity index (χ3n) is 2.46. The van der Waals surface area contributed by atoms with Crippen molar-refractivity contribution in [2.24, 2.45) is 0 Å². The highest BCUT2D eigenvalue weighted by Gasteiger charge is 1.94. The molecule has 2 aromatic carbocycles. The summed E-state index contributed by atoms with van der Waals surface area (Å²) in [7, 11) is 0. The summed E-state index contributed by atoms with van der Waals surface area (Å²) in [6.07, 6.45) is 0. The van der Waals surface area contributed by atoms with Crippen molar-refractivity contribution < 1.29 is 4.39 Å². The van der Waals surface area contributed by atoms with E-state index in [1.165, 1.54) is 17.7 Å². The normalized spacial score (nSPS) is 10.1. The summed E-state index contributed by atoms with van der Waals surface area (Å²) in [4.78, 5) is 0. The van der Waals surface area contributed by atoms with Gasteiger partial charge >= 0.3 is 0 Å². The Morgan fingerprint density at radius 3 is 2.19 bits per heavy atom. The summed E-state index contributed by atoms with van der Waals surface area (Å²) >= 11 is 0. The van der Waals surface area contributed by atoms with Crippen LogP contribution in [0.4, 0.5) is 10.1 Å². The highest BCUT2D eigenvalue weighted by molar-refractivity contribution is 5.44. The van der Waals surface area contributed by atoms with Crippen LogP contribution in [0.5, 0.6) is 0 Å². The zero-order valence-electron chi connectivity index (χ0n) is 9.20. The third-order valence-corrected chi connectivity index (χ3v) is 2.46. The van der Waals surface area contributed by atoms with Crippen LogP contribution >= 0.6 is 0 Å². The lowest BCUT2D eigenvalue weighted by atomic mass is 10.2. The molecule has 1 N–H and O–H groups in total. The van der Waals surface area contributed by atoms with E-state index in [1.54, 1.807) is 12.1 Å². The van der Waals surface area contributed by atoms with Gasteiger partial charge in [0.25, 0.3) is 0 Å². The van der Waals surface area contributed by atoms with Gasteiger partial charge in [-0.25, -0.2) is 4.39 Å². The molecule has 0 unspecified atom stereocenters. The lowest BCUT2D eigenvalue weighted by Gasteiger charge is -2.06. The molecule has 2 heteroatoms. The van der Waals surface area contributed by atoms with Crippen LogP contribution in [-0.2, 0) is 6.54 Å². The zero-order chi connectivity index (χ0) is 11.4. The molecule has 1 nitrogen and oxygen atoms in total. The molecule has 0 heterocycles. The van der Waals surface area contributed by atoms with Crippen LogP contribution in [0.1, 0.15) is 11.1 Å². The third kappa shape index (κ3) is 2.83. The fraction of sp³-hybridized carbons (Fsp3) is 0.143. The van der Waals surface area contributed by atoms with Crippen molar-refractivity contribution >= 4 is 5.69 Å². The number of anilines is 1. The summed E-state index contributed by atoms with van der Waals surface area (Å²) in [5.74, 6) is -0.195. The van der Waals surface area contributed by atoms with E-state index >= 15 is 0 Å². The summed E-state index contributed by atoms with van der Waals surface area (Å²) in [5.41, 5.74) is 3.39.